The summed E-state index contributed by atoms with van der Waals surface area (Å²) in [5.74, 6) is 0. The van der Waals surface area contributed by atoms with Gasteiger partial charge in [-0.3, -0.25) is 0 Å². The van der Waals surface area contributed by atoms with E-state index in [1.807, 2.05) is 0 Å². The maximum absolute atomic E-state index is 11.6. The Labute approximate surface area is 128 Å². The first kappa shape index (κ1) is 20.4. The third-order valence-electron chi connectivity index (χ3n) is 2.53. The Balaban J connectivity index is 4.03. The van der Waals surface area contributed by atoms with Crippen LogP contribution in [0.1, 0.15) is 0 Å². The number of nitrogens with zero attached hydrogens (tertiary/aromatic N) is 2. The molecule has 0 heterocycles. The van der Waals surface area contributed by atoms with Gasteiger partial charge in [0.1, 0.15) is 13.2 Å². The zero-order chi connectivity index (χ0) is 16.8. The number of carbonyl (C=O) groups is 2. The van der Waals surface area contributed by atoms with E-state index in [1.165, 1.54) is 0 Å². The van der Waals surface area contributed by atoms with Crippen molar-refractivity contribution in [1.29, 1.82) is 0 Å². The molecule has 0 saturated heterocycles. The van der Waals surface area contributed by atoms with Crippen LogP contribution in [-0.2, 0) is 9.47 Å². The van der Waals surface area contributed by atoms with E-state index in [0.717, 1.165) is 9.80 Å². The van der Waals surface area contributed by atoms with E-state index in [2.05, 4.69) is 0 Å². The van der Waals surface area contributed by atoms with E-state index in [-0.39, 0.29) is 65.8 Å². The molecule has 10 heteroatoms. The summed E-state index contributed by atoms with van der Waals surface area (Å²) in [5.41, 5.74) is 0. The van der Waals surface area contributed by atoms with Crippen LogP contribution in [0.2, 0.25) is 0 Å². The highest BCUT2D eigenvalue weighted by Crippen LogP contribution is 1.96. The van der Waals surface area contributed by atoms with Gasteiger partial charge in [-0.1, -0.05) is 0 Å². The third-order valence-corrected chi connectivity index (χ3v) is 2.53. The van der Waals surface area contributed by atoms with Gasteiger partial charge in [-0.25, -0.2) is 9.59 Å². The van der Waals surface area contributed by atoms with Gasteiger partial charge in [-0.15, -0.1) is 0 Å². The van der Waals surface area contributed by atoms with Crippen LogP contribution in [-0.4, -0.2) is 108 Å². The van der Waals surface area contributed by atoms with Gasteiger partial charge in [-0.2, -0.15) is 0 Å². The Morgan fingerprint density at radius 1 is 0.636 bits per heavy atom. The fraction of sp³-hybridized carbons (Fsp3) is 0.833. The van der Waals surface area contributed by atoms with E-state index in [0.29, 0.717) is 0 Å². The van der Waals surface area contributed by atoms with Crippen molar-refractivity contribution in [3.8, 4) is 0 Å². The van der Waals surface area contributed by atoms with Gasteiger partial charge in [0.05, 0.1) is 26.4 Å². The number of aliphatic hydroxyl groups is 4. The molecule has 0 bridgehead atoms. The SMILES string of the molecule is O=C(OCCOC(=O)N(CCO)CCO)N(CCO)CCO. The number of hydrogen-bond acceptors (Lipinski definition) is 8. The molecule has 130 valence electrons. The van der Waals surface area contributed by atoms with Crippen molar-refractivity contribution < 1.29 is 39.5 Å². The van der Waals surface area contributed by atoms with Gasteiger partial charge < -0.3 is 39.7 Å². The Bertz CT molecular complexity index is 274. The van der Waals surface area contributed by atoms with Crippen LogP contribution in [0.15, 0.2) is 0 Å². The molecule has 0 aliphatic carbocycles. The lowest BCUT2D eigenvalue weighted by molar-refractivity contribution is 0.0491. The molecular weight excluding hydrogens is 300 g/mol. The Morgan fingerprint density at radius 2 is 0.909 bits per heavy atom. The summed E-state index contributed by atoms with van der Waals surface area (Å²) in [6.45, 7) is -1.32. The maximum Gasteiger partial charge on any atom is 0.410 e. The van der Waals surface area contributed by atoms with Crippen molar-refractivity contribution >= 4 is 12.2 Å². The van der Waals surface area contributed by atoms with Crippen LogP contribution in [0.4, 0.5) is 9.59 Å². The lowest BCUT2D eigenvalue weighted by Gasteiger charge is -2.21. The molecule has 0 spiro atoms. The van der Waals surface area contributed by atoms with Gasteiger partial charge in [-0.05, 0) is 0 Å². The minimum absolute atomic E-state index is 0.0277. The van der Waals surface area contributed by atoms with E-state index < -0.39 is 12.2 Å². The van der Waals surface area contributed by atoms with Crippen molar-refractivity contribution in [2.24, 2.45) is 0 Å². The summed E-state index contributed by atoms with van der Waals surface area (Å²) in [4.78, 5) is 25.4. The number of amides is 2. The molecule has 22 heavy (non-hydrogen) atoms. The Kier molecular flexibility index (Phi) is 12.1. The van der Waals surface area contributed by atoms with Crippen LogP contribution in [0, 0.1) is 0 Å². The zero-order valence-corrected chi connectivity index (χ0v) is 12.4. The summed E-state index contributed by atoms with van der Waals surface area (Å²) < 4.78 is 9.66. The van der Waals surface area contributed by atoms with Gasteiger partial charge in [0.25, 0.3) is 0 Å². The van der Waals surface area contributed by atoms with Crippen LogP contribution >= 0.6 is 0 Å². The molecule has 4 N–H and O–H groups in total. The number of ether oxygens (including phenoxy) is 2. The fourth-order valence-corrected chi connectivity index (χ4v) is 1.51. The smallest absolute Gasteiger partial charge is 0.410 e. The molecule has 0 saturated carbocycles. The normalized spacial score (nSPS) is 10.2. The second kappa shape index (κ2) is 13.1. The van der Waals surface area contributed by atoms with Crippen molar-refractivity contribution in [2.45, 2.75) is 0 Å². The predicted octanol–water partition coefficient (Wildman–Crippen LogP) is -2.17. The Hall–Kier alpha value is -1.62. The predicted molar refractivity (Wildman–Crippen MR) is 74.2 cm³/mol. The first-order chi connectivity index (χ1) is 10.6. The van der Waals surface area contributed by atoms with E-state index in [1.54, 1.807) is 0 Å². The largest absolute Gasteiger partial charge is 0.446 e. The number of carbonyl (C=O) groups excluding carboxylic acids is 2. The topological polar surface area (TPSA) is 140 Å². The van der Waals surface area contributed by atoms with Gasteiger partial charge in [0, 0.05) is 26.2 Å². The second-order valence-electron chi connectivity index (χ2n) is 4.10. The van der Waals surface area contributed by atoms with Crippen LogP contribution < -0.4 is 0 Å². The lowest BCUT2D eigenvalue weighted by Crippen LogP contribution is -2.38. The standard InChI is InChI=1S/C12H24N2O8/c15-5-1-13(2-6-16)11(19)21-9-10-22-12(20)14(3-7-17)4-8-18/h15-18H,1-10H2. The van der Waals surface area contributed by atoms with Gasteiger partial charge in [0.15, 0.2) is 0 Å². The van der Waals surface area contributed by atoms with Crippen molar-refractivity contribution in [1.82, 2.24) is 9.80 Å². The molecule has 0 rings (SSSR count). The second-order valence-corrected chi connectivity index (χ2v) is 4.10. The quantitative estimate of drug-likeness (QED) is 0.315. The summed E-state index contributed by atoms with van der Waals surface area (Å²) in [5, 5.41) is 35.1. The summed E-state index contributed by atoms with van der Waals surface area (Å²) in [6.07, 6.45) is -1.47. The molecule has 0 aliphatic rings. The number of aliphatic hydroxyl groups excluding tert-OH is 4. The maximum atomic E-state index is 11.6. The Morgan fingerprint density at radius 3 is 1.14 bits per heavy atom. The monoisotopic (exact) mass is 324 g/mol. The highest BCUT2D eigenvalue weighted by Gasteiger charge is 2.16. The summed E-state index contributed by atoms with van der Waals surface area (Å²) in [6, 6.07) is 0. The molecule has 0 aliphatic heterocycles. The van der Waals surface area contributed by atoms with E-state index in [4.69, 9.17) is 29.9 Å². The highest BCUT2D eigenvalue weighted by atomic mass is 16.6. The molecule has 0 aromatic heterocycles. The molecule has 0 atom stereocenters. The van der Waals surface area contributed by atoms with Crippen molar-refractivity contribution in [3.63, 3.8) is 0 Å². The van der Waals surface area contributed by atoms with Crippen molar-refractivity contribution in [2.75, 3.05) is 65.8 Å². The van der Waals surface area contributed by atoms with Crippen molar-refractivity contribution in [3.05, 3.63) is 0 Å². The minimum atomic E-state index is -0.735. The zero-order valence-electron chi connectivity index (χ0n) is 12.4. The van der Waals surface area contributed by atoms with E-state index >= 15 is 0 Å². The summed E-state index contributed by atoms with van der Waals surface area (Å²) in [7, 11) is 0. The molecule has 0 aromatic rings. The lowest BCUT2D eigenvalue weighted by atomic mass is 10.5. The molecule has 0 unspecified atom stereocenters. The molecule has 10 nitrogen and oxygen atoms in total. The van der Waals surface area contributed by atoms with E-state index in [9.17, 15) is 9.59 Å². The molecule has 0 radical (unpaired) electrons. The van der Waals surface area contributed by atoms with Crippen LogP contribution in [0.25, 0.3) is 0 Å². The third kappa shape index (κ3) is 8.62. The average Bonchev–Trinajstić information content (AvgIpc) is 2.50. The first-order valence-electron chi connectivity index (χ1n) is 6.87. The molecular formula is C12H24N2O8. The first-order valence-corrected chi connectivity index (χ1v) is 6.87. The summed E-state index contributed by atoms with van der Waals surface area (Å²) >= 11 is 0. The fourth-order valence-electron chi connectivity index (χ4n) is 1.51. The van der Waals surface area contributed by atoms with Crippen LogP contribution in [0.5, 0.6) is 0 Å². The van der Waals surface area contributed by atoms with Gasteiger partial charge in [0.2, 0.25) is 0 Å². The minimum Gasteiger partial charge on any atom is -0.446 e. The average molecular weight is 324 g/mol. The molecule has 0 aromatic carbocycles. The van der Waals surface area contributed by atoms with Gasteiger partial charge >= 0.3 is 12.2 Å². The molecule has 2 amide bonds. The number of rotatable bonds is 11. The number of hydrogen-bond donors (Lipinski definition) is 4. The van der Waals surface area contributed by atoms with Crippen LogP contribution in [0.3, 0.4) is 0 Å². The highest BCUT2D eigenvalue weighted by molar-refractivity contribution is 5.68. The molecule has 0 fully saturated rings.